The molecular weight excluding hydrogens is 258 g/mol. The van der Waals surface area contributed by atoms with Gasteiger partial charge in [0.05, 0.1) is 0 Å². The molecule has 122 valence electrons. The van der Waals surface area contributed by atoms with E-state index in [2.05, 4.69) is 18.7 Å². The van der Waals surface area contributed by atoms with Crippen LogP contribution in [0, 0.1) is 0 Å². The Bertz CT molecular complexity index is 271. The molecule has 0 aromatic rings. The summed E-state index contributed by atoms with van der Waals surface area (Å²) in [5.41, 5.74) is 5.10. The predicted octanol–water partition coefficient (Wildman–Crippen LogP) is 5.68. The third kappa shape index (κ3) is 18.9. The number of carbonyl (C=O) groups excluding carboxylic acids is 1. The SMILES string of the molecule is C=CCCCCCCC=CCCCCCCCCC(N)=O. The Kier molecular flexibility index (Phi) is 16.2. The van der Waals surface area contributed by atoms with E-state index in [9.17, 15) is 4.79 Å². The number of hydrogen-bond donors (Lipinski definition) is 1. The standard InChI is InChI=1S/C19H35NO/c1-2-3-4-5-6-7-8-9-10-11-12-13-14-15-16-17-18-19(20)21/h2,9-10H,1,3-8,11-18H2,(H2,20,21). The van der Waals surface area contributed by atoms with Crippen LogP contribution in [0.3, 0.4) is 0 Å². The van der Waals surface area contributed by atoms with E-state index in [4.69, 9.17) is 5.73 Å². The van der Waals surface area contributed by atoms with Gasteiger partial charge in [0.15, 0.2) is 0 Å². The normalized spacial score (nSPS) is 11.0. The first-order chi connectivity index (χ1) is 10.3. The van der Waals surface area contributed by atoms with E-state index in [-0.39, 0.29) is 5.91 Å². The number of carbonyl (C=O) groups is 1. The Hall–Kier alpha value is -1.05. The molecule has 0 atom stereocenters. The lowest BCUT2D eigenvalue weighted by Crippen LogP contribution is -2.09. The Morgan fingerprint density at radius 3 is 1.62 bits per heavy atom. The third-order valence-corrected chi connectivity index (χ3v) is 3.74. The lowest BCUT2D eigenvalue weighted by atomic mass is 10.1. The Morgan fingerprint density at radius 1 is 0.714 bits per heavy atom. The van der Waals surface area contributed by atoms with Crippen molar-refractivity contribution in [3.05, 3.63) is 24.8 Å². The average molecular weight is 293 g/mol. The van der Waals surface area contributed by atoms with Gasteiger partial charge in [-0.05, 0) is 44.9 Å². The van der Waals surface area contributed by atoms with Gasteiger partial charge in [0, 0.05) is 6.42 Å². The van der Waals surface area contributed by atoms with Gasteiger partial charge in [-0.25, -0.2) is 0 Å². The van der Waals surface area contributed by atoms with E-state index < -0.39 is 0 Å². The van der Waals surface area contributed by atoms with Gasteiger partial charge < -0.3 is 5.73 Å². The van der Waals surface area contributed by atoms with Crippen LogP contribution in [-0.2, 0) is 4.79 Å². The average Bonchev–Trinajstić information content (AvgIpc) is 2.46. The molecule has 2 heteroatoms. The molecule has 2 nitrogen and oxygen atoms in total. The largest absolute Gasteiger partial charge is 0.370 e. The van der Waals surface area contributed by atoms with Gasteiger partial charge in [0.2, 0.25) is 5.91 Å². The van der Waals surface area contributed by atoms with Crippen LogP contribution in [0.2, 0.25) is 0 Å². The highest BCUT2D eigenvalue weighted by Gasteiger charge is 1.94. The summed E-state index contributed by atoms with van der Waals surface area (Å²) in [5.74, 6) is -0.166. The molecule has 0 fully saturated rings. The molecular formula is C19H35NO. The van der Waals surface area contributed by atoms with Crippen molar-refractivity contribution >= 4 is 5.91 Å². The predicted molar refractivity (Wildman–Crippen MR) is 93.2 cm³/mol. The Morgan fingerprint density at radius 2 is 1.14 bits per heavy atom. The third-order valence-electron chi connectivity index (χ3n) is 3.74. The summed E-state index contributed by atoms with van der Waals surface area (Å²) in [6.45, 7) is 3.74. The minimum absolute atomic E-state index is 0.166. The zero-order valence-electron chi connectivity index (χ0n) is 13.8. The molecule has 0 aromatic heterocycles. The number of nitrogens with two attached hydrogens (primary N) is 1. The summed E-state index contributed by atoms with van der Waals surface area (Å²) in [4.78, 5) is 10.6. The van der Waals surface area contributed by atoms with Gasteiger partial charge in [0.25, 0.3) is 0 Å². The zero-order valence-corrected chi connectivity index (χ0v) is 13.8. The van der Waals surface area contributed by atoms with Crippen molar-refractivity contribution in [2.75, 3.05) is 0 Å². The number of rotatable bonds is 16. The van der Waals surface area contributed by atoms with Crippen LogP contribution in [-0.4, -0.2) is 5.91 Å². The topological polar surface area (TPSA) is 43.1 Å². The van der Waals surface area contributed by atoms with E-state index in [1.54, 1.807) is 0 Å². The van der Waals surface area contributed by atoms with E-state index in [0.717, 1.165) is 12.8 Å². The van der Waals surface area contributed by atoms with Crippen molar-refractivity contribution in [3.8, 4) is 0 Å². The number of allylic oxidation sites excluding steroid dienone is 3. The molecule has 2 N–H and O–H groups in total. The van der Waals surface area contributed by atoms with Crippen LogP contribution in [0.25, 0.3) is 0 Å². The number of unbranched alkanes of at least 4 members (excludes halogenated alkanes) is 11. The lowest BCUT2D eigenvalue weighted by Gasteiger charge is -1.99. The Balaban J connectivity index is 3.08. The van der Waals surface area contributed by atoms with Crippen molar-refractivity contribution in [2.24, 2.45) is 5.73 Å². The van der Waals surface area contributed by atoms with Gasteiger partial charge in [-0.2, -0.15) is 0 Å². The van der Waals surface area contributed by atoms with Crippen molar-refractivity contribution in [1.82, 2.24) is 0 Å². The second-order valence-electron chi connectivity index (χ2n) is 5.88. The molecule has 0 unspecified atom stereocenters. The van der Waals surface area contributed by atoms with Crippen LogP contribution in [0.1, 0.15) is 89.9 Å². The van der Waals surface area contributed by atoms with E-state index in [0.29, 0.717) is 6.42 Å². The minimum Gasteiger partial charge on any atom is -0.370 e. The van der Waals surface area contributed by atoms with Crippen molar-refractivity contribution in [1.29, 1.82) is 0 Å². The summed E-state index contributed by atoms with van der Waals surface area (Å²) >= 11 is 0. The molecule has 0 saturated heterocycles. The number of primary amides is 1. The quantitative estimate of drug-likeness (QED) is 0.289. The molecule has 0 spiro atoms. The van der Waals surface area contributed by atoms with Crippen LogP contribution >= 0.6 is 0 Å². The van der Waals surface area contributed by atoms with Gasteiger partial charge in [-0.3, -0.25) is 4.79 Å². The van der Waals surface area contributed by atoms with Crippen LogP contribution < -0.4 is 5.73 Å². The van der Waals surface area contributed by atoms with Crippen LogP contribution in [0.5, 0.6) is 0 Å². The first kappa shape index (κ1) is 19.9. The van der Waals surface area contributed by atoms with Crippen LogP contribution in [0.4, 0.5) is 0 Å². The van der Waals surface area contributed by atoms with E-state index in [1.807, 2.05) is 6.08 Å². The molecule has 0 aromatic carbocycles. The van der Waals surface area contributed by atoms with E-state index in [1.165, 1.54) is 70.6 Å². The molecule has 0 saturated carbocycles. The van der Waals surface area contributed by atoms with Crippen molar-refractivity contribution in [3.63, 3.8) is 0 Å². The molecule has 1 amide bonds. The fraction of sp³-hybridized carbons (Fsp3) is 0.737. The lowest BCUT2D eigenvalue weighted by molar-refractivity contribution is -0.118. The fourth-order valence-electron chi connectivity index (χ4n) is 2.41. The van der Waals surface area contributed by atoms with Gasteiger partial charge in [0.1, 0.15) is 0 Å². The highest BCUT2D eigenvalue weighted by molar-refractivity contribution is 5.73. The monoisotopic (exact) mass is 293 g/mol. The maximum absolute atomic E-state index is 10.6. The van der Waals surface area contributed by atoms with Gasteiger partial charge >= 0.3 is 0 Å². The highest BCUT2D eigenvalue weighted by Crippen LogP contribution is 2.10. The Labute approximate surface area is 131 Å². The fourth-order valence-corrected chi connectivity index (χ4v) is 2.41. The molecule has 0 aliphatic carbocycles. The first-order valence-corrected chi connectivity index (χ1v) is 8.81. The second kappa shape index (κ2) is 17.0. The molecule has 21 heavy (non-hydrogen) atoms. The molecule has 0 radical (unpaired) electrons. The summed E-state index contributed by atoms with van der Waals surface area (Å²) in [5, 5.41) is 0. The van der Waals surface area contributed by atoms with Crippen LogP contribution in [0.15, 0.2) is 24.8 Å². The molecule has 0 heterocycles. The molecule has 0 aliphatic heterocycles. The van der Waals surface area contributed by atoms with Gasteiger partial charge in [-0.1, -0.05) is 56.8 Å². The number of amides is 1. The molecule has 0 aliphatic rings. The summed E-state index contributed by atoms with van der Waals surface area (Å²) in [6.07, 6.45) is 23.4. The highest BCUT2D eigenvalue weighted by atomic mass is 16.1. The maximum atomic E-state index is 10.6. The van der Waals surface area contributed by atoms with Gasteiger partial charge in [-0.15, -0.1) is 6.58 Å². The second-order valence-corrected chi connectivity index (χ2v) is 5.88. The summed E-state index contributed by atoms with van der Waals surface area (Å²) < 4.78 is 0. The minimum atomic E-state index is -0.166. The molecule has 0 bridgehead atoms. The van der Waals surface area contributed by atoms with E-state index >= 15 is 0 Å². The zero-order chi connectivity index (χ0) is 15.6. The van der Waals surface area contributed by atoms with Crippen molar-refractivity contribution < 1.29 is 4.79 Å². The maximum Gasteiger partial charge on any atom is 0.217 e. The molecule has 0 rings (SSSR count). The summed E-state index contributed by atoms with van der Waals surface area (Å²) in [7, 11) is 0. The summed E-state index contributed by atoms with van der Waals surface area (Å²) in [6, 6.07) is 0. The van der Waals surface area contributed by atoms with Crippen molar-refractivity contribution in [2.45, 2.75) is 89.9 Å². The first-order valence-electron chi connectivity index (χ1n) is 8.81. The number of hydrogen-bond acceptors (Lipinski definition) is 1. The smallest absolute Gasteiger partial charge is 0.217 e.